The number of aromatic nitrogens is 1. The molecular weight excluding hydrogens is 254 g/mol. The highest BCUT2D eigenvalue weighted by Crippen LogP contribution is 2.22. The van der Waals surface area contributed by atoms with Crippen molar-refractivity contribution in [2.45, 2.75) is 32.2 Å². The standard InChI is InChI=1S/C15H21N3S/c1-15(2,14-17-10-11-19-14)18-9-5-7-12-6-3-4-8-13(12)16/h3-4,6,8,10-11,18H,5,7,9,16H2,1-2H3. The molecule has 0 bridgehead atoms. The molecule has 3 nitrogen and oxygen atoms in total. The topological polar surface area (TPSA) is 50.9 Å². The number of nitrogens with zero attached hydrogens (tertiary/aromatic N) is 1. The lowest BCUT2D eigenvalue weighted by Gasteiger charge is -2.23. The van der Waals surface area contributed by atoms with Gasteiger partial charge in [-0.3, -0.25) is 0 Å². The van der Waals surface area contributed by atoms with E-state index in [1.165, 1.54) is 5.56 Å². The SMILES string of the molecule is CC(C)(NCCCc1ccccc1N)c1nccs1. The number of aryl methyl sites for hydroxylation is 1. The molecule has 0 aliphatic heterocycles. The molecule has 1 heterocycles. The minimum absolute atomic E-state index is 0.0591. The molecule has 0 saturated heterocycles. The van der Waals surface area contributed by atoms with Crippen LogP contribution in [-0.2, 0) is 12.0 Å². The maximum absolute atomic E-state index is 5.94. The Kier molecular flexibility index (Phi) is 4.56. The number of rotatable bonds is 6. The van der Waals surface area contributed by atoms with Crippen molar-refractivity contribution in [1.29, 1.82) is 0 Å². The second kappa shape index (κ2) is 6.17. The summed E-state index contributed by atoms with van der Waals surface area (Å²) in [5.41, 5.74) is 8.00. The Morgan fingerprint density at radius 3 is 2.79 bits per heavy atom. The number of nitrogen functional groups attached to an aromatic ring is 1. The fourth-order valence-electron chi connectivity index (χ4n) is 2.05. The number of anilines is 1. The van der Waals surface area contributed by atoms with Crippen LogP contribution in [0.3, 0.4) is 0 Å². The Hall–Kier alpha value is -1.39. The van der Waals surface area contributed by atoms with Crippen LogP contribution in [0.15, 0.2) is 35.8 Å². The molecule has 0 aliphatic carbocycles. The summed E-state index contributed by atoms with van der Waals surface area (Å²) in [6, 6.07) is 8.07. The second-order valence-electron chi connectivity index (χ2n) is 5.19. The first-order chi connectivity index (χ1) is 9.09. The van der Waals surface area contributed by atoms with Crippen LogP contribution < -0.4 is 11.1 Å². The van der Waals surface area contributed by atoms with E-state index in [-0.39, 0.29) is 5.54 Å². The minimum Gasteiger partial charge on any atom is -0.399 e. The zero-order chi connectivity index (χ0) is 13.7. The molecule has 0 spiro atoms. The van der Waals surface area contributed by atoms with Crippen molar-refractivity contribution >= 4 is 17.0 Å². The summed E-state index contributed by atoms with van der Waals surface area (Å²) in [6.45, 7) is 5.30. The van der Waals surface area contributed by atoms with E-state index < -0.39 is 0 Å². The van der Waals surface area contributed by atoms with Crippen molar-refractivity contribution in [3.05, 3.63) is 46.4 Å². The lowest BCUT2D eigenvalue weighted by Crippen LogP contribution is -2.37. The van der Waals surface area contributed by atoms with Crippen LogP contribution in [0.25, 0.3) is 0 Å². The molecular formula is C15H21N3S. The third-order valence-corrected chi connectivity index (χ3v) is 4.31. The predicted octanol–water partition coefficient (Wildman–Crippen LogP) is 3.18. The van der Waals surface area contributed by atoms with E-state index in [1.54, 1.807) is 11.3 Å². The number of benzene rings is 1. The number of hydrogen-bond donors (Lipinski definition) is 2. The van der Waals surface area contributed by atoms with Gasteiger partial charge in [0.1, 0.15) is 5.01 Å². The molecule has 1 aromatic carbocycles. The average molecular weight is 275 g/mol. The molecule has 19 heavy (non-hydrogen) atoms. The molecule has 0 radical (unpaired) electrons. The fraction of sp³-hybridized carbons (Fsp3) is 0.400. The summed E-state index contributed by atoms with van der Waals surface area (Å²) in [4.78, 5) is 4.37. The van der Waals surface area contributed by atoms with E-state index in [9.17, 15) is 0 Å². The van der Waals surface area contributed by atoms with Crippen LogP contribution >= 0.6 is 11.3 Å². The van der Waals surface area contributed by atoms with Crippen molar-refractivity contribution in [2.24, 2.45) is 0 Å². The van der Waals surface area contributed by atoms with Crippen LogP contribution in [0.4, 0.5) is 5.69 Å². The molecule has 2 aromatic rings. The van der Waals surface area contributed by atoms with E-state index in [1.807, 2.05) is 29.8 Å². The molecule has 0 fully saturated rings. The van der Waals surface area contributed by atoms with Gasteiger partial charge in [0.05, 0.1) is 5.54 Å². The van der Waals surface area contributed by atoms with Gasteiger partial charge in [-0.1, -0.05) is 18.2 Å². The van der Waals surface area contributed by atoms with E-state index >= 15 is 0 Å². The molecule has 0 amide bonds. The van der Waals surface area contributed by atoms with Crippen molar-refractivity contribution in [2.75, 3.05) is 12.3 Å². The summed E-state index contributed by atoms with van der Waals surface area (Å²) in [5, 5.41) is 6.71. The average Bonchev–Trinajstić information content (AvgIpc) is 2.91. The highest BCUT2D eigenvalue weighted by atomic mass is 32.1. The van der Waals surface area contributed by atoms with Crippen LogP contribution in [-0.4, -0.2) is 11.5 Å². The van der Waals surface area contributed by atoms with Gasteiger partial charge in [-0.2, -0.15) is 0 Å². The second-order valence-corrected chi connectivity index (χ2v) is 6.09. The highest BCUT2D eigenvalue weighted by Gasteiger charge is 2.21. The van der Waals surface area contributed by atoms with Crippen molar-refractivity contribution in [1.82, 2.24) is 10.3 Å². The fourth-order valence-corrected chi connectivity index (χ4v) is 2.79. The Labute approximate surface area is 118 Å². The van der Waals surface area contributed by atoms with Gasteiger partial charge >= 0.3 is 0 Å². The van der Waals surface area contributed by atoms with Gasteiger partial charge < -0.3 is 11.1 Å². The van der Waals surface area contributed by atoms with Gasteiger partial charge in [0.2, 0.25) is 0 Å². The monoisotopic (exact) mass is 275 g/mol. The molecule has 0 unspecified atom stereocenters. The molecule has 102 valence electrons. The Balaban J connectivity index is 1.80. The van der Waals surface area contributed by atoms with Crippen molar-refractivity contribution in [3.63, 3.8) is 0 Å². The lowest BCUT2D eigenvalue weighted by atomic mass is 10.0. The van der Waals surface area contributed by atoms with E-state index in [2.05, 4.69) is 30.2 Å². The van der Waals surface area contributed by atoms with Crippen LogP contribution in [0.2, 0.25) is 0 Å². The zero-order valence-corrected chi connectivity index (χ0v) is 12.3. The Morgan fingerprint density at radius 2 is 2.11 bits per heavy atom. The third-order valence-electron chi connectivity index (χ3n) is 3.21. The molecule has 1 aromatic heterocycles. The molecule has 2 rings (SSSR count). The molecule has 3 N–H and O–H groups in total. The molecule has 0 aliphatic rings. The molecule has 0 saturated carbocycles. The van der Waals surface area contributed by atoms with Crippen molar-refractivity contribution in [3.8, 4) is 0 Å². The summed E-state index contributed by atoms with van der Waals surface area (Å²) < 4.78 is 0. The number of hydrogen-bond acceptors (Lipinski definition) is 4. The summed E-state index contributed by atoms with van der Waals surface area (Å²) in [7, 11) is 0. The quantitative estimate of drug-likeness (QED) is 0.629. The first-order valence-electron chi connectivity index (χ1n) is 6.58. The normalized spacial score (nSPS) is 11.7. The number of nitrogens with one attached hydrogen (secondary N) is 1. The predicted molar refractivity (Wildman–Crippen MR) is 82.3 cm³/mol. The largest absolute Gasteiger partial charge is 0.399 e. The first kappa shape index (κ1) is 14.0. The van der Waals surface area contributed by atoms with Crippen LogP contribution in [0.5, 0.6) is 0 Å². The van der Waals surface area contributed by atoms with Gasteiger partial charge in [0, 0.05) is 17.3 Å². The first-order valence-corrected chi connectivity index (χ1v) is 7.46. The summed E-state index contributed by atoms with van der Waals surface area (Å²) in [6.07, 6.45) is 3.94. The van der Waals surface area contributed by atoms with Crippen LogP contribution in [0.1, 0.15) is 30.8 Å². The maximum Gasteiger partial charge on any atom is 0.112 e. The van der Waals surface area contributed by atoms with Crippen LogP contribution in [0, 0.1) is 0 Å². The number of para-hydroxylation sites is 1. The van der Waals surface area contributed by atoms with Gasteiger partial charge in [-0.25, -0.2) is 4.98 Å². The van der Waals surface area contributed by atoms with Gasteiger partial charge in [0.15, 0.2) is 0 Å². The lowest BCUT2D eigenvalue weighted by molar-refractivity contribution is 0.398. The number of nitrogens with two attached hydrogens (primary N) is 1. The van der Waals surface area contributed by atoms with E-state index in [0.717, 1.165) is 30.1 Å². The van der Waals surface area contributed by atoms with Gasteiger partial charge in [-0.15, -0.1) is 11.3 Å². The van der Waals surface area contributed by atoms with Gasteiger partial charge in [-0.05, 0) is 44.9 Å². The summed E-state index contributed by atoms with van der Waals surface area (Å²) in [5.74, 6) is 0. The Morgan fingerprint density at radius 1 is 1.32 bits per heavy atom. The third kappa shape index (κ3) is 3.78. The van der Waals surface area contributed by atoms with Gasteiger partial charge in [0.25, 0.3) is 0 Å². The molecule has 0 atom stereocenters. The smallest absolute Gasteiger partial charge is 0.112 e. The molecule has 4 heteroatoms. The highest BCUT2D eigenvalue weighted by molar-refractivity contribution is 7.09. The van der Waals surface area contributed by atoms with Crippen molar-refractivity contribution < 1.29 is 0 Å². The Bertz CT molecular complexity index is 506. The van der Waals surface area contributed by atoms with E-state index in [0.29, 0.717) is 0 Å². The maximum atomic E-state index is 5.94. The summed E-state index contributed by atoms with van der Waals surface area (Å²) >= 11 is 1.69. The van der Waals surface area contributed by atoms with E-state index in [4.69, 9.17) is 5.73 Å². The zero-order valence-electron chi connectivity index (χ0n) is 11.5. The minimum atomic E-state index is -0.0591. The number of thiazole rings is 1.